The first-order valence-electron chi connectivity index (χ1n) is 4.37. The monoisotopic (exact) mass is 185 g/mol. The number of nitrogens with one attached hydrogen (secondary N) is 1. The molecule has 13 heavy (non-hydrogen) atoms. The Morgan fingerprint density at radius 2 is 1.92 bits per heavy atom. The fraction of sp³-hybridized carbons (Fsp3) is 0.700. The lowest BCUT2D eigenvalue weighted by Gasteiger charge is -2.21. The first-order chi connectivity index (χ1) is 5.72. The minimum absolute atomic E-state index is 0.0464. The Bertz CT molecular complexity index is 203. The number of alkyl carbamates (subject to hydrolysis) is 1. The van der Waals surface area contributed by atoms with Crippen molar-refractivity contribution in [3.05, 3.63) is 12.2 Å². The zero-order valence-electron chi connectivity index (χ0n) is 9.10. The molecule has 0 radical (unpaired) electrons. The molecule has 0 unspecified atom stereocenters. The van der Waals surface area contributed by atoms with Crippen LogP contribution in [0.25, 0.3) is 0 Å². The minimum Gasteiger partial charge on any atom is -0.444 e. The van der Waals surface area contributed by atoms with Gasteiger partial charge in [0.05, 0.1) is 6.04 Å². The predicted octanol–water partition coefficient (Wildman–Crippen LogP) is 2.48. The maximum atomic E-state index is 11.2. The molecule has 1 amide bonds. The van der Waals surface area contributed by atoms with Gasteiger partial charge in [0.25, 0.3) is 0 Å². The number of rotatable bonds is 2. The van der Waals surface area contributed by atoms with Gasteiger partial charge in [0.1, 0.15) is 5.60 Å². The second-order valence-corrected chi connectivity index (χ2v) is 4.21. The van der Waals surface area contributed by atoms with Crippen LogP contribution in [0.5, 0.6) is 0 Å². The highest BCUT2D eigenvalue weighted by Gasteiger charge is 2.17. The van der Waals surface area contributed by atoms with Crippen molar-refractivity contribution < 1.29 is 9.53 Å². The van der Waals surface area contributed by atoms with Crippen molar-refractivity contribution in [2.75, 3.05) is 0 Å². The molecule has 1 N–H and O–H groups in total. The summed E-state index contributed by atoms with van der Waals surface area (Å²) in [6, 6.07) is -0.0464. The van der Waals surface area contributed by atoms with Crippen LogP contribution in [0.4, 0.5) is 4.79 Å². The van der Waals surface area contributed by atoms with E-state index in [-0.39, 0.29) is 6.04 Å². The van der Waals surface area contributed by atoms with Gasteiger partial charge >= 0.3 is 6.09 Å². The van der Waals surface area contributed by atoms with Crippen LogP contribution in [0.2, 0.25) is 0 Å². The molecule has 0 aliphatic heterocycles. The van der Waals surface area contributed by atoms with Gasteiger partial charge in [0.15, 0.2) is 0 Å². The zero-order chi connectivity index (χ0) is 10.6. The average Bonchev–Trinajstić information content (AvgIpc) is 1.81. The van der Waals surface area contributed by atoms with E-state index in [9.17, 15) is 4.79 Å². The van der Waals surface area contributed by atoms with Crippen LogP contribution in [0.1, 0.15) is 34.6 Å². The molecule has 1 atom stereocenters. The Balaban J connectivity index is 3.96. The van der Waals surface area contributed by atoms with E-state index in [2.05, 4.69) is 11.9 Å². The van der Waals surface area contributed by atoms with Crippen LogP contribution >= 0.6 is 0 Å². The second kappa shape index (κ2) is 4.30. The Kier molecular flexibility index (Phi) is 3.98. The Hall–Kier alpha value is -0.990. The van der Waals surface area contributed by atoms with E-state index < -0.39 is 11.7 Å². The molecule has 0 fully saturated rings. The van der Waals surface area contributed by atoms with Gasteiger partial charge in [-0.2, -0.15) is 0 Å². The normalized spacial score (nSPS) is 13.3. The van der Waals surface area contributed by atoms with E-state index in [0.29, 0.717) is 0 Å². The largest absolute Gasteiger partial charge is 0.444 e. The van der Waals surface area contributed by atoms with Crippen molar-refractivity contribution in [1.29, 1.82) is 0 Å². The van der Waals surface area contributed by atoms with Gasteiger partial charge in [0, 0.05) is 0 Å². The molecule has 3 heteroatoms. The van der Waals surface area contributed by atoms with Gasteiger partial charge < -0.3 is 10.1 Å². The molecule has 0 saturated carbocycles. The predicted molar refractivity (Wildman–Crippen MR) is 53.6 cm³/mol. The quantitative estimate of drug-likeness (QED) is 0.671. The fourth-order valence-electron chi connectivity index (χ4n) is 0.608. The van der Waals surface area contributed by atoms with E-state index in [1.807, 2.05) is 34.6 Å². The van der Waals surface area contributed by atoms with Crippen LogP contribution in [0.15, 0.2) is 12.2 Å². The molecular formula is C10H19NO2. The van der Waals surface area contributed by atoms with Crippen LogP contribution in [-0.2, 0) is 4.74 Å². The van der Waals surface area contributed by atoms with Crippen molar-refractivity contribution in [1.82, 2.24) is 5.32 Å². The average molecular weight is 185 g/mol. The molecule has 0 aliphatic rings. The number of hydrogen-bond acceptors (Lipinski definition) is 2. The summed E-state index contributed by atoms with van der Waals surface area (Å²) in [5, 5.41) is 2.68. The van der Waals surface area contributed by atoms with Crippen LogP contribution in [0.3, 0.4) is 0 Å². The SMILES string of the molecule is C=C(C)[C@H](C)NC(=O)OC(C)(C)C. The standard InChI is InChI=1S/C10H19NO2/c1-7(2)8(3)11-9(12)13-10(4,5)6/h8H,1H2,2-6H3,(H,11,12)/t8-/m0/s1. The molecule has 0 rings (SSSR count). The highest BCUT2D eigenvalue weighted by atomic mass is 16.6. The van der Waals surface area contributed by atoms with Gasteiger partial charge in [0.2, 0.25) is 0 Å². The van der Waals surface area contributed by atoms with Crippen molar-refractivity contribution in [2.45, 2.75) is 46.3 Å². The number of carbonyl (C=O) groups excluding carboxylic acids is 1. The van der Waals surface area contributed by atoms with E-state index in [4.69, 9.17) is 4.74 Å². The topological polar surface area (TPSA) is 38.3 Å². The third-order valence-corrected chi connectivity index (χ3v) is 1.47. The number of amides is 1. The molecule has 0 bridgehead atoms. The molecular weight excluding hydrogens is 166 g/mol. The van der Waals surface area contributed by atoms with Crippen molar-refractivity contribution in [3.63, 3.8) is 0 Å². The van der Waals surface area contributed by atoms with E-state index in [1.54, 1.807) is 0 Å². The molecule has 0 spiro atoms. The van der Waals surface area contributed by atoms with Crippen molar-refractivity contribution in [2.24, 2.45) is 0 Å². The highest BCUT2D eigenvalue weighted by Crippen LogP contribution is 2.07. The molecule has 0 aliphatic carbocycles. The lowest BCUT2D eigenvalue weighted by molar-refractivity contribution is 0.0516. The third kappa shape index (κ3) is 6.20. The smallest absolute Gasteiger partial charge is 0.408 e. The summed E-state index contributed by atoms with van der Waals surface area (Å²) in [5.74, 6) is 0. The van der Waals surface area contributed by atoms with Gasteiger partial charge in [-0.15, -0.1) is 0 Å². The Labute approximate surface area is 80.2 Å². The Morgan fingerprint density at radius 1 is 1.46 bits per heavy atom. The fourth-order valence-corrected chi connectivity index (χ4v) is 0.608. The Morgan fingerprint density at radius 3 is 2.23 bits per heavy atom. The van der Waals surface area contributed by atoms with Gasteiger partial charge in [-0.1, -0.05) is 12.2 Å². The second-order valence-electron chi connectivity index (χ2n) is 4.21. The molecule has 0 saturated heterocycles. The van der Waals surface area contributed by atoms with Gasteiger partial charge in [-0.25, -0.2) is 4.79 Å². The summed E-state index contributed by atoms with van der Waals surface area (Å²) < 4.78 is 5.07. The van der Waals surface area contributed by atoms with Crippen LogP contribution < -0.4 is 5.32 Å². The lowest BCUT2D eigenvalue weighted by atomic mass is 10.2. The molecule has 3 nitrogen and oxygen atoms in total. The molecule has 0 heterocycles. The van der Waals surface area contributed by atoms with Gasteiger partial charge in [-0.3, -0.25) is 0 Å². The van der Waals surface area contributed by atoms with E-state index >= 15 is 0 Å². The van der Waals surface area contributed by atoms with Crippen molar-refractivity contribution >= 4 is 6.09 Å². The number of carbonyl (C=O) groups is 1. The summed E-state index contributed by atoms with van der Waals surface area (Å²) in [4.78, 5) is 11.2. The summed E-state index contributed by atoms with van der Waals surface area (Å²) in [7, 11) is 0. The third-order valence-electron chi connectivity index (χ3n) is 1.47. The van der Waals surface area contributed by atoms with Crippen LogP contribution in [0, 0.1) is 0 Å². The first kappa shape index (κ1) is 12.0. The summed E-state index contributed by atoms with van der Waals surface area (Å²) in [6.07, 6.45) is -0.400. The highest BCUT2D eigenvalue weighted by molar-refractivity contribution is 5.68. The maximum Gasteiger partial charge on any atom is 0.408 e. The molecule has 76 valence electrons. The maximum absolute atomic E-state index is 11.2. The molecule has 0 aromatic rings. The summed E-state index contributed by atoms with van der Waals surface area (Å²) in [5.41, 5.74) is 0.463. The lowest BCUT2D eigenvalue weighted by Crippen LogP contribution is -2.37. The number of ether oxygens (including phenoxy) is 1. The number of hydrogen-bond donors (Lipinski definition) is 1. The summed E-state index contributed by atoms with van der Waals surface area (Å²) in [6.45, 7) is 13.0. The molecule has 0 aromatic carbocycles. The summed E-state index contributed by atoms with van der Waals surface area (Å²) >= 11 is 0. The minimum atomic E-state index is -0.446. The van der Waals surface area contributed by atoms with Gasteiger partial charge in [-0.05, 0) is 34.6 Å². The van der Waals surface area contributed by atoms with Crippen molar-refractivity contribution in [3.8, 4) is 0 Å². The zero-order valence-corrected chi connectivity index (χ0v) is 9.10. The van der Waals surface area contributed by atoms with E-state index in [0.717, 1.165) is 5.57 Å². The molecule has 0 aromatic heterocycles. The first-order valence-corrected chi connectivity index (χ1v) is 4.37. The van der Waals surface area contributed by atoms with E-state index in [1.165, 1.54) is 0 Å². The van der Waals surface area contributed by atoms with Crippen LogP contribution in [-0.4, -0.2) is 17.7 Å².